The number of sulfonamides is 1. The van der Waals surface area contributed by atoms with Gasteiger partial charge in [-0.25, -0.2) is 13.2 Å². The van der Waals surface area contributed by atoms with Gasteiger partial charge in [-0.3, -0.25) is 4.79 Å². The Morgan fingerprint density at radius 3 is 2.29 bits per heavy atom. The normalized spacial score (nSPS) is 17.3. The lowest BCUT2D eigenvalue weighted by Gasteiger charge is -2.32. The van der Waals surface area contributed by atoms with Crippen LogP contribution in [-0.4, -0.2) is 86.7 Å². The first-order valence-electron chi connectivity index (χ1n) is 10.5. The van der Waals surface area contributed by atoms with Crippen molar-refractivity contribution in [1.82, 2.24) is 14.5 Å². The zero-order valence-electron chi connectivity index (χ0n) is 18.5. The van der Waals surface area contributed by atoms with E-state index in [2.05, 4.69) is 5.32 Å². The molecule has 0 radical (unpaired) electrons. The smallest absolute Gasteiger partial charge is 0.490 e. The van der Waals surface area contributed by atoms with Gasteiger partial charge < -0.3 is 20.1 Å². The molecule has 1 aliphatic heterocycles. The summed E-state index contributed by atoms with van der Waals surface area (Å²) in [5.74, 6) is -2.68. The predicted octanol–water partition coefficient (Wildman–Crippen LogP) is 2.35. The van der Waals surface area contributed by atoms with Gasteiger partial charge in [0.05, 0.1) is 13.7 Å². The summed E-state index contributed by atoms with van der Waals surface area (Å²) < 4.78 is 65.3. The van der Waals surface area contributed by atoms with Crippen LogP contribution in [-0.2, 0) is 19.6 Å². The van der Waals surface area contributed by atoms with Crippen LogP contribution in [0.25, 0.3) is 0 Å². The summed E-state index contributed by atoms with van der Waals surface area (Å²) in [6.07, 6.45) is -1.63. The first-order valence-corrected chi connectivity index (χ1v) is 12.3. The molecule has 1 aromatic rings. The van der Waals surface area contributed by atoms with Crippen molar-refractivity contribution in [3.8, 4) is 5.75 Å². The highest BCUT2D eigenvalue weighted by Gasteiger charge is 2.38. The van der Waals surface area contributed by atoms with E-state index in [0.29, 0.717) is 18.1 Å². The summed E-state index contributed by atoms with van der Waals surface area (Å²) in [6.45, 7) is 2.49. The fourth-order valence-corrected chi connectivity index (χ4v) is 5.78. The molecule has 1 saturated carbocycles. The van der Waals surface area contributed by atoms with Crippen molar-refractivity contribution in [2.45, 2.75) is 42.8 Å². The Hall–Kier alpha value is -2.09. The van der Waals surface area contributed by atoms with Crippen molar-refractivity contribution in [3.63, 3.8) is 0 Å². The van der Waals surface area contributed by atoms with E-state index >= 15 is 0 Å². The van der Waals surface area contributed by atoms with E-state index in [1.165, 1.54) is 17.5 Å². The number of carboxylic acids is 1. The number of ether oxygens (including phenoxy) is 1. The maximum absolute atomic E-state index is 13.5. The van der Waals surface area contributed by atoms with Crippen molar-refractivity contribution in [2.24, 2.45) is 0 Å². The van der Waals surface area contributed by atoms with Crippen LogP contribution < -0.4 is 10.1 Å². The van der Waals surface area contributed by atoms with Crippen LogP contribution in [0.15, 0.2) is 23.1 Å². The molecule has 0 atom stereocenters. The molecule has 9 nitrogen and oxygen atoms in total. The van der Waals surface area contributed by atoms with Gasteiger partial charge in [-0.2, -0.15) is 17.5 Å². The molecule has 0 spiro atoms. The number of rotatable bonds is 6. The largest absolute Gasteiger partial charge is 0.495 e. The molecule has 1 aliphatic carbocycles. The third-order valence-corrected chi connectivity index (χ3v) is 7.60. The number of hydrogen-bond acceptors (Lipinski definition) is 6. The minimum Gasteiger partial charge on any atom is -0.495 e. The maximum atomic E-state index is 13.5. The molecule has 14 heteroatoms. The van der Waals surface area contributed by atoms with Gasteiger partial charge >= 0.3 is 12.1 Å². The van der Waals surface area contributed by atoms with E-state index in [0.717, 1.165) is 38.8 Å². The number of halogens is 4. The number of hydrogen-bond donors (Lipinski definition) is 2. The second-order valence-corrected chi connectivity index (χ2v) is 10.0. The molecule has 1 heterocycles. The monoisotopic (exact) mass is 529 g/mol. The van der Waals surface area contributed by atoms with Crippen molar-refractivity contribution in [1.29, 1.82) is 0 Å². The summed E-state index contributed by atoms with van der Waals surface area (Å²) >= 11 is 6.05. The molecule has 0 unspecified atom stereocenters. The maximum Gasteiger partial charge on any atom is 0.490 e. The van der Waals surface area contributed by atoms with Gasteiger partial charge in [0.15, 0.2) is 0 Å². The number of aliphatic carboxylic acids is 1. The number of amides is 1. The van der Waals surface area contributed by atoms with Crippen molar-refractivity contribution in [2.75, 3.05) is 39.8 Å². The van der Waals surface area contributed by atoms with Crippen LogP contribution in [0, 0.1) is 0 Å². The molecule has 2 aliphatic rings. The summed E-state index contributed by atoms with van der Waals surface area (Å²) in [4.78, 5) is 23.4. The minimum absolute atomic E-state index is 0.0116. The summed E-state index contributed by atoms with van der Waals surface area (Å²) in [6, 6.07) is 4.35. The highest BCUT2D eigenvalue weighted by atomic mass is 35.5. The van der Waals surface area contributed by atoms with Gasteiger partial charge in [0, 0.05) is 37.2 Å². The van der Waals surface area contributed by atoms with E-state index in [4.69, 9.17) is 26.2 Å². The Balaban J connectivity index is 0.000000509. The third kappa shape index (κ3) is 7.45. The first kappa shape index (κ1) is 28.1. The highest BCUT2D eigenvalue weighted by molar-refractivity contribution is 7.89. The predicted molar refractivity (Wildman–Crippen MR) is 117 cm³/mol. The topological polar surface area (TPSA) is 116 Å². The zero-order chi connectivity index (χ0) is 25.5. The molecule has 1 saturated heterocycles. The SMILES string of the molecule is COc1ccc(Cl)cc1S(=O)(=O)N(CC(=O)N1CCNCC1)C1CCCC1.O=C(O)C(F)(F)F. The van der Waals surface area contributed by atoms with Crippen molar-refractivity contribution in [3.05, 3.63) is 23.2 Å². The van der Waals surface area contributed by atoms with Gasteiger partial charge in [-0.15, -0.1) is 0 Å². The number of nitrogens with zero attached hydrogens (tertiary/aromatic N) is 2. The van der Waals surface area contributed by atoms with Crippen LogP contribution in [0.5, 0.6) is 5.75 Å². The van der Waals surface area contributed by atoms with Gasteiger partial charge in [0.25, 0.3) is 0 Å². The molecule has 34 heavy (non-hydrogen) atoms. The number of carboxylic acid groups (broad SMARTS) is 1. The molecule has 0 aromatic heterocycles. The minimum atomic E-state index is -5.08. The Kier molecular flexibility index (Phi) is 9.97. The number of nitrogens with one attached hydrogen (secondary N) is 1. The van der Waals surface area contributed by atoms with Gasteiger partial charge in [0.1, 0.15) is 10.6 Å². The quantitative estimate of drug-likeness (QED) is 0.581. The van der Waals surface area contributed by atoms with E-state index in [9.17, 15) is 26.4 Å². The molecule has 3 rings (SSSR count). The summed E-state index contributed by atoms with van der Waals surface area (Å²) in [5.41, 5.74) is 0. The van der Waals surface area contributed by atoms with Crippen LogP contribution in [0.1, 0.15) is 25.7 Å². The van der Waals surface area contributed by atoms with Crippen LogP contribution in [0.2, 0.25) is 5.02 Å². The molecule has 1 amide bonds. The molecule has 2 N–H and O–H groups in total. The van der Waals surface area contributed by atoms with E-state index < -0.39 is 22.2 Å². The number of carbonyl (C=O) groups is 2. The Bertz CT molecular complexity index is 965. The first-order chi connectivity index (χ1) is 15.9. The molecule has 2 fully saturated rings. The van der Waals surface area contributed by atoms with Gasteiger partial charge in [0.2, 0.25) is 15.9 Å². The number of methoxy groups -OCH3 is 1. The highest BCUT2D eigenvalue weighted by Crippen LogP contribution is 2.34. The standard InChI is InChI=1S/C18H26ClN3O4S.C2HF3O2/c1-26-16-7-6-14(19)12-17(16)27(24,25)22(15-4-2-3-5-15)13-18(23)21-10-8-20-9-11-21;3-2(4,5)1(6)7/h6-7,12,15,20H,2-5,8-11,13H2,1H3;(H,6,7). The van der Waals surface area contributed by atoms with Crippen molar-refractivity contribution < 1.29 is 41.0 Å². The zero-order valence-corrected chi connectivity index (χ0v) is 20.0. The Morgan fingerprint density at radius 2 is 1.79 bits per heavy atom. The van der Waals surface area contributed by atoms with E-state index in [1.54, 1.807) is 17.0 Å². The van der Waals surface area contributed by atoms with Crippen molar-refractivity contribution >= 4 is 33.5 Å². The average Bonchev–Trinajstić information content (AvgIpc) is 3.32. The van der Waals surface area contributed by atoms with Crippen LogP contribution in [0.3, 0.4) is 0 Å². The fourth-order valence-electron chi connectivity index (χ4n) is 3.73. The van der Waals surface area contributed by atoms with E-state index in [1.807, 2.05) is 0 Å². The number of alkyl halides is 3. The molecule has 1 aromatic carbocycles. The lowest BCUT2D eigenvalue weighted by Crippen LogP contribution is -2.51. The lowest BCUT2D eigenvalue weighted by molar-refractivity contribution is -0.192. The number of piperazine rings is 1. The summed E-state index contributed by atoms with van der Waals surface area (Å²) in [7, 11) is -2.50. The molecular formula is C20H27ClF3N3O6S. The molecule has 0 bridgehead atoms. The molecule has 192 valence electrons. The summed E-state index contributed by atoms with van der Waals surface area (Å²) in [5, 5.41) is 10.6. The fraction of sp³-hybridized carbons (Fsp3) is 0.600. The Labute approximate surface area is 200 Å². The lowest BCUT2D eigenvalue weighted by atomic mass is 10.2. The van der Waals surface area contributed by atoms with Gasteiger partial charge in [-0.1, -0.05) is 24.4 Å². The van der Waals surface area contributed by atoms with E-state index in [-0.39, 0.29) is 29.1 Å². The van der Waals surface area contributed by atoms with Gasteiger partial charge in [-0.05, 0) is 31.0 Å². The third-order valence-electron chi connectivity index (χ3n) is 5.45. The second-order valence-electron chi connectivity index (χ2n) is 7.72. The van der Waals surface area contributed by atoms with Crippen LogP contribution in [0.4, 0.5) is 13.2 Å². The molecular weight excluding hydrogens is 503 g/mol. The van der Waals surface area contributed by atoms with Crippen LogP contribution >= 0.6 is 11.6 Å². The average molecular weight is 530 g/mol. The number of carbonyl (C=O) groups excluding carboxylic acids is 1. The number of benzene rings is 1. The Morgan fingerprint density at radius 1 is 1.24 bits per heavy atom. The second kappa shape index (κ2) is 12.0.